The van der Waals surface area contributed by atoms with Crippen molar-refractivity contribution in [1.82, 2.24) is 0 Å². The van der Waals surface area contributed by atoms with Gasteiger partial charge in [0, 0.05) is 11.6 Å². The van der Waals surface area contributed by atoms with E-state index < -0.39 is 48.0 Å². The summed E-state index contributed by atoms with van der Waals surface area (Å²) in [5.74, 6) is -6.71. The molecule has 1 heterocycles. The Hall–Kier alpha value is -1.86. The van der Waals surface area contributed by atoms with Crippen LogP contribution in [0.1, 0.15) is 5.56 Å². The molecule has 0 fully saturated rings. The molecule has 0 radical (unpaired) electrons. The molecule has 2 rings (SSSR count). The van der Waals surface area contributed by atoms with Crippen molar-refractivity contribution in [3.8, 4) is 5.75 Å². The normalized spacial score (nSPS) is 22.6. The number of rotatable bonds is 1. The van der Waals surface area contributed by atoms with Crippen molar-refractivity contribution >= 4 is 5.97 Å². The predicted octanol–water partition coefficient (Wildman–Crippen LogP) is 2.53. The number of benzene rings is 1. The van der Waals surface area contributed by atoms with Crippen LogP contribution < -0.4 is 4.74 Å². The van der Waals surface area contributed by atoms with E-state index in [0.717, 1.165) is 6.07 Å². The second-order valence-corrected chi connectivity index (χ2v) is 4.10. The minimum atomic E-state index is -4.96. The summed E-state index contributed by atoms with van der Waals surface area (Å²) in [7, 11) is 0. The van der Waals surface area contributed by atoms with Crippen LogP contribution >= 0.6 is 0 Å². The fourth-order valence-electron chi connectivity index (χ4n) is 1.96. The summed E-state index contributed by atoms with van der Waals surface area (Å²) < 4.78 is 68.7. The number of halogens is 5. The number of hydrogen-bond acceptors (Lipinski definition) is 2. The maximum absolute atomic E-state index is 13.3. The first-order chi connectivity index (χ1) is 8.70. The van der Waals surface area contributed by atoms with Gasteiger partial charge in [0.1, 0.15) is 11.7 Å². The van der Waals surface area contributed by atoms with E-state index in [0.29, 0.717) is 6.07 Å². The number of hydrogen-bond donors (Lipinski definition) is 1. The van der Waals surface area contributed by atoms with Crippen molar-refractivity contribution < 1.29 is 36.6 Å². The molecule has 0 saturated heterocycles. The lowest BCUT2D eigenvalue weighted by Crippen LogP contribution is -2.47. The largest absolute Gasteiger partial charge is 0.481 e. The zero-order chi connectivity index (χ0) is 14.4. The molecular weight excluding hydrogens is 275 g/mol. The first kappa shape index (κ1) is 13.6. The minimum Gasteiger partial charge on any atom is -0.481 e. The van der Waals surface area contributed by atoms with Crippen LogP contribution in [0, 0.1) is 17.6 Å². The second kappa shape index (κ2) is 4.36. The van der Waals surface area contributed by atoms with Gasteiger partial charge in [0.2, 0.25) is 6.10 Å². The van der Waals surface area contributed by atoms with Crippen LogP contribution in [0.4, 0.5) is 22.0 Å². The Morgan fingerprint density at radius 2 is 1.95 bits per heavy atom. The number of carboxylic acid groups (broad SMARTS) is 1. The van der Waals surface area contributed by atoms with Crippen LogP contribution in [0.2, 0.25) is 0 Å². The number of carboxylic acids is 1. The summed E-state index contributed by atoms with van der Waals surface area (Å²) in [6.07, 6.45) is -8.26. The average Bonchev–Trinajstić information content (AvgIpc) is 2.25. The quantitative estimate of drug-likeness (QED) is 0.805. The van der Waals surface area contributed by atoms with Gasteiger partial charge in [0.25, 0.3) is 0 Å². The van der Waals surface area contributed by atoms with E-state index in [9.17, 15) is 26.7 Å². The van der Waals surface area contributed by atoms with E-state index in [2.05, 4.69) is 4.74 Å². The highest BCUT2D eigenvalue weighted by atomic mass is 19.4. The lowest BCUT2D eigenvalue weighted by molar-refractivity contribution is -0.218. The molecule has 104 valence electrons. The molecule has 1 N–H and O–H groups in total. The number of ether oxygens (including phenoxy) is 1. The van der Waals surface area contributed by atoms with Gasteiger partial charge in [-0.2, -0.15) is 13.2 Å². The Balaban J connectivity index is 2.48. The molecule has 3 nitrogen and oxygen atoms in total. The SMILES string of the molecule is O=C(O)C1Cc2cc(F)cc(F)c2OC1C(F)(F)F. The fourth-order valence-corrected chi connectivity index (χ4v) is 1.96. The second-order valence-electron chi connectivity index (χ2n) is 4.10. The van der Waals surface area contributed by atoms with E-state index in [4.69, 9.17) is 5.11 Å². The zero-order valence-corrected chi connectivity index (χ0v) is 9.17. The van der Waals surface area contributed by atoms with Gasteiger partial charge in [0.15, 0.2) is 11.6 Å². The Morgan fingerprint density at radius 3 is 2.47 bits per heavy atom. The molecule has 0 spiro atoms. The monoisotopic (exact) mass is 282 g/mol. The van der Waals surface area contributed by atoms with Crippen LogP contribution in [0.15, 0.2) is 12.1 Å². The summed E-state index contributed by atoms with van der Waals surface area (Å²) >= 11 is 0. The van der Waals surface area contributed by atoms with Crippen molar-refractivity contribution in [2.45, 2.75) is 18.7 Å². The van der Waals surface area contributed by atoms with Gasteiger partial charge in [-0.25, -0.2) is 8.78 Å². The lowest BCUT2D eigenvalue weighted by Gasteiger charge is -2.32. The van der Waals surface area contributed by atoms with Gasteiger partial charge in [-0.1, -0.05) is 0 Å². The molecule has 0 amide bonds. The first-order valence-electron chi connectivity index (χ1n) is 5.14. The molecule has 1 aromatic carbocycles. The third kappa shape index (κ3) is 2.47. The smallest absolute Gasteiger partial charge is 0.426 e. The van der Waals surface area contributed by atoms with Crippen LogP contribution in [0.3, 0.4) is 0 Å². The maximum Gasteiger partial charge on any atom is 0.426 e. The third-order valence-corrected chi connectivity index (χ3v) is 2.78. The van der Waals surface area contributed by atoms with Crippen LogP contribution in [0.25, 0.3) is 0 Å². The molecule has 0 aliphatic carbocycles. The molecule has 1 aliphatic rings. The Bertz CT molecular complexity index is 526. The molecule has 19 heavy (non-hydrogen) atoms. The summed E-state index contributed by atoms with van der Waals surface area (Å²) in [6, 6.07) is 1.15. The van der Waals surface area contributed by atoms with Crippen LogP contribution in [-0.2, 0) is 11.2 Å². The summed E-state index contributed by atoms with van der Waals surface area (Å²) in [4.78, 5) is 10.8. The molecule has 1 aromatic rings. The molecule has 8 heteroatoms. The van der Waals surface area contributed by atoms with Gasteiger partial charge >= 0.3 is 12.1 Å². The number of aliphatic carboxylic acids is 1. The Morgan fingerprint density at radius 1 is 1.32 bits per heavy atom. The lowest BCUT2D eigenvalue weighted by atomic mass is 9.90. The van der Waals surface area contributed by atoms with E-state index in [1.807, 2.05) is 0 Å². The Kier molecular flexibility index (Phi) is 3.11. The molecule has 1 aliphatic heterocycles. The highest BCUT2D eigenvalue weighted by molar-refractivity contribution is 5.72. The number of carbonyl (C=O) groups is 1. The standard InChI is InChI=1S/C11H7F5O3/c12-5-1-4-2-6(10(17)18)9(11(14,15)16)19-8(4)7(13)3-5/h1,3,6,9H,2H2,(H,17,18). The van der Waals surface area contributed by atoms with Crippen molar-refractivity contribution in [2.75, 3.05) is 0 Å². The minimum absolute atomic E-state index is 0.231. The van der Waals surface area contributed by atoms with Crippen molar-refractivity contribution in [3.05, 3.63) is 29.3 Å². The number of fused-ring (bicyclic) bond motifs is 1. The van der Waals surface area contributed by atoms with E-state index in [1.165, 1.54) is 0 Å². The molecule has 0 bridgehead atoms. The van der Waals surface area contributed by atoms with Gasteiger partial charge in [-0.3, -0.25) is 4.79 Å². The molecule has 0 saturated carbocycles. The van der Waals surface area contributed by atoms with E-state index in [1.54, 1.807) is 0 Å². The average molecular weight is 282 g/mol. The third-order valence-electron chi connectivity index (χ3n) is 2.78. The fraction of sp³-hybridized carbons (Fsp3) is 0.364. The van der Waals surface area contributed by atoms with Gasteiger partial charge in [-0.05, 0) is 12.5 Å². The van der Waals surface area contributed by atoms with E-state index in [-0.39, 0.29) is 5.56 Å². The van der Waals surface area contributed by atoms with Crippen molar-refractivity contribution in [1.29, 1.82) is 0 Å². The molecule has 0 aromatic heterocycles. The first-order valence-corrected chi connectivity index (χ1v) is 5.14. The molecule has 2 unspecified atom stereocenters. The highest BCUT2D eigenvalue weighted by Crippen LogP contribution is 2.40. The number of alkyl halides is 3. The van der Waals surface area contributed by atoms with Crippen molar-refractivity contribution in [3.63, 3.8) is 0 Å². The zero-order valence-electron chi connectivity index (χ0n) is 9.17. The maximum atomic E-state index is 13.3. The molecule has 2 atom stereocenters. The van der Waals surface area contributed by atoms with E-state index >= 15 is 0 Å². The van der Waals surface area contributed by atoms with Crippen molar-refractivity contribution in [2.24, 2.45) is 5.92 Å². The summed E-state index contributed by atoms with van der Waals surface area (Å²) in [5, 5.41) is 8.77. The summed E-state index contributed by atoms with van der Waals surface area (Å²) in [5.41, 5.74) is -0.231. The topological polar surface area (TPSA) is 46.5 Å². The van der Waals surface area contributed by atoms with Crippen LogP contribution in [-0.4, -0.2) is 23.4 Å². The van der Waals surface area contributed by atoms with Crippen LogP contribution in [0.5, 0.6) is 5.75 Å². The van der Waals surface area contributed by atoms with Gasteiger partial charge in [-0.15, -0.1) is 0 Å². The van der Waals surface area contributed by atoms with Gasteiger partial charge in [0.05, 0.1) is 0 Å². The predicted molar refractivity (Wildman–Crippen MR) is 51.7 cm³/mol. The molecular formula is C11H7F5O3. The van der Waals surface area contributed by atoms with Gasteiger partial charge < -0.3 is 9.84 Å². The highest BCUT2D eigenvalue weighted by Gasteiger charge is 2.52. The Labute approximate surface area is 103 Å². The summed E-state index contributed by atoms with van der Waals surface area (Å²) in [6.45, 7) is 0.